The third kappa shape index (κ3) is 2.82. The Labute approximate surface area is 109 Å². The van der Waals surface area contributed by atoms with Crippen LogP contribution in [0.1, 0.15) is 23.2 Å². The molecule has 1 aromatic carbocycles. The molecule has 0 aliphatic carbocycles. The van der Waals surface area contributed by atoms with E-state index in [1.807, 2.05) is 4.90 Å². The number of nitro benzene ring substituents is 1. The minimum atomic E-state index is -1.31. The van der Waals surface area contributed by atoms with Gasteiger partial charge in [-0.2, -0.15) is 0 Å². The van der Waals surface area contributed by atoms with E-state index in [1.54, 1.807) is 6.07 Å². The Morgan fingerprint density at radius 3 is 2.53 bits per heavy atom. The fourth-order valence-electron chi connectivity index (χ4n) is 2.18. The molecule has 1 heterocycles. The molecule has 7 nitrogen and oxygen atoms in total. The van der Waals surface area contributed by atoms with Gasteiger partial charge in [0.2, 0.25) is 0 Å². The molecule has 0 spiro atoms. The van der Waals surface area contributed by atoms with E-state index in [-0.39, 0.29) is 11.7 Å². The predicted molar refractivity (Wildman–Crippen MR) is 67.5 cm³/mol. The molecule has 1 aliphatic heterocycles. The first kappa shape index (κ1) is 13.3. The van der Waals surface area contributed by atoms with Gasteiger partial charge >= 0.3 is 5.97 Å². The zero-order chi connectivity index (χ0) is 14.0. The van der Waals surface area contributed by atoms with Crippen molar-refractivity contribution in [3.05, 3.63) is 33.9 Å². The molecular weight excluding hydrogens is 252 g/mol. The van der Waals surface area contributed by atoms with E-state index in [9.17, 15) is 20.0 Å². The average molecular weight is 266 g/mol. The molecule has 1 saturated heterocycles. The molecule has 7 heteroatoms. The van der Waals surface area contributed by atoms with E-state index < -0.39 is 16.6 Å². The standard InChI is InChI=1S/C12H14N2O5/c15-9-3-5-13(6-4-9)8-1-2-11(14(18)19)10(7-8)12(16)17/h1-2,7,9,15H,3-6H2,(H,16,17). The van der Waals surface area contributed by atoms with Crippen LogP contribution in [-0.4, -0.2) is 40.3 Å². The number of hydrogen-bond acceptors (Lipinski definition) is 5. The maximum atomic E-state index is 11.1. The molecule has 0 bridgehead atoms. The van der Waals surface area contributed by atoms with Crippen molar-refractivity contribution in [3.8, 4) is 0 Å². The molecule has 2 rings (SSSR count). The van der Waals surface area contributed by atoms with Gasteiger partial charge in [0.15, 0.2) is 0 Å². The summed E-state index contributed by atoms with van der Waals surface area (Å²) in [5.74, 6) is -1.31. The summed E-state index contributed by atoms with van der Waals surface area (Å²) in [6.07, 6.45) is 0.895. The van der Waals surface area contributed by atoms with Crippen LogP contribution >= 0.6 is 0 Å². The van der Waals surface area contributed by atoms with E-state index in [2.05, 4.69) is 0 Å². The number of aliphatic hydroxyl groups is 1. The summed E-state index contributed by atoms with van der Waals surface area (Å²) in [4.78, 5) is 23.0. The number of benzene rings is 1. The first-order valence-electron chi connectivity index (χ1n) is 5.94. The van der Waals surface area contributed by atoms with Gasteiger partial charge in [-0.1, -0.05) is 0 Å². The third-order valence-corrected chi connectivity index (χ3v) is 3.24. The van der Waals surface area contributed by atoms with E-state index in [0.717, 1.165) is 0 Å². The van der Waals surface area contributed by atoms with Gasteiger partial charge in [-0.15, -0.1) is 0 Å². The zero-order valence-electron chi connectivity index (χ0n) is 10.2. The van der Waals surface area contributed by atoms with Crippen molar-refractivity contribution in [2.24, 2.45) is 0 Å². The monoisotopic (exact) mass is 266 g/mol. The van der Waals surface area contributed by atoms with Gasteiger partial charge < -0.3 is 15.1 Å². The SMILES string of the molecule is O=C(O)c1cc(N2CCC(O)CC2)ccc1[N+](=O)[O-]. The Hall–Kier alpha value is -2.15. The summed E-state index contributed by atoms with van der Waals surface area (Å²) >= 11 is 0. The summed E-state index contributed by atoms with van der Waals surface area (Å²) in [6, 6.07) is 4.07. The van der Waals surface area contributed by atoms with E-state index in [0.29, 0.717) is 31.6 Å². The third-order valence-electron chi connectivity index (χ3n) is 3.24. The Balaban J connectivity index is 2.30. The van der Waals surface area contributed by atoms with Crippen molar-refractivity contribution in [1.82, 2.24) is 0 Å². The van der Waals surface area contributed by atoms with Gasteiger partial charge in [0.25, 0.3) is 5.69 Å². The number of anilines is 1. The van der Waals surface area contributed by atoms with Crippen molar-refractivity contribution in [3.63, 3.8) is 0 Å². The number of carboxylic acid groups (broad SMARTS) is 1. The van der Waals surface area contributed by atoms with Crippen LogP contribution in [0.15, 0.2) is 18.2 Å². The fourth-order valence-corrected chi connectivity index (χ4v) is 2.18. The fraction of sp³-hybridized carbons (Fsp3) is 0.417. The number of rotatable bonds is 3. The van der Waals surface area contributed by atoms with Crippen LogP contribution in [0, 0.1) is 10.1 Å². The Kier molecular flexibility index (Phi) is 3.66. The molecule has 0 radical (unpaired) electrons. The number of nitrogens with zero attached hydrogens (tertiary/aromatic N) is 2. The van der Waals surface area contributed by atoms with E-state index in [4.69, 9.17) is 5.11 Å². The minimum Gasteiger partial charge on any atom is -0.477 e. The first-order chi connectivity index (χ1) is 8.99. The van der Waals surface area contributed by atoms with Crippen molar-refractivity contribution in [1.29, 1.82) is 0 Å². The number of hydrogen-bond donors (Lipinski definition) is 2. The lowest BCUT2D eigenvalue weighted by atomic mass is 10.1. The lowest BCUT2D eigenvalue weighted by Gasteiger charge is -2.31. The summed E-state index contributed by atoms with van der Waals surface area (Å²) < 4.78 is 0. The van der Waals surface area contributed by atoms with Gasteiger partial charge in [-0.05, 0) is 25.0 Å². The van der Waals surface area contributed by atoms with E-state index >= 15 is 0 Å². The first-order valence-corrected chi connectivity index (χ1v) is 5.94. The number of aliphatic hydroxyl groups excluding tert-OH is 1. The van der Waals surface area contributed by atoms with Crippen LogP contribution < -0.4 is 4.90 Å². The number of nitro groups is 1. The molecule has 19 heavy (non-hydrogen) atoms. The summed E-state index contributed by atoms with van der Waals surface area (Å²) in [5, 5.41) is 29.2. The highest BCUT2D eigenvalue weighted by Gasteiger charge is 2.23. The predicted octanol–water partition coefficient (Wildman–Crippen LogP) is 1.25. The minimum absolute atomic E-state index is 0.311. The van der Waals surface area contributed by atoms with Crippen LogP contribution in [0.4, 0.5) is 11.4 Å². The highest BCUT2D eigenvalue weighted by molar-refractivity contribution is 5.93. The molecule has 0 unspecified atom stereocenters. The molecular formula is C12H14N2O5. The summed E-state index contributed by atoms with van der Waals surface area (Å²) in [7, 11) is 0. The van der Waals surface area contributed by atoms with Crippen molar-refractivity contribution in [2.75, 3.05) is 18.0 Å². The molecule has 1 aromatic rings. The Bertz CT molecular complexity index is 509. The second kappa shape index (κ2) is 5.23. The van der Waals surface area contributed by atoms with Crippen LogP contribution in [0.5, 0.6) is 0 Å². The van der Waals surface area contributed by atoms with Gasteiger partial charge in [-0.3, -0.25) is 10.1 Å². The van der Waals surface area contributed by atoms with Crippen LogP contribution in [-0.2, 0) is 0 Å². The normalized spacial score (nSPS) is 16.4. The quantitative estimate of drug-likeness (QED) is 0.630. The molecule has 0 atom stereocenters. The Morgan fingerprint density at radius 1 is 1.37 bits per heavy atom. The summed E-state index contributed by atoms with van der Waals surface area (Å²) in [6.45, 7) is 1.22. The highest BCUT2D eigenvalue weighted by Crippen LogP contribution is 2.27. The van der Waals surface area contributed by atoms with Gasteiger partial charge in [-0.25, -0.2) is 4.79 Å². The number of carboxylic acids is 1. The lowest BCUT2D eigenvalue weighted by Crippen LogP contribution is -2.35. The molecule has 2 N–H and O–H groups in total. The largest absolute Gasteiger partial charge is 0.477 e. The molecule has 1 aliphatic rings. The molecule has 0 aromatic heterocycles. The van der Waals surface area contributed by atoms with Gasteiger partial charge in [0.1, 0.15) is 5.56 Å². The topological polar surface area (TPSA) is 104 Å². The van der Waals surface area contributed by atoms with Gasteiger partial charge in [0, 0.05) is 24.8 Å². The zero-order valence-corrected chi connectivity index (χ0v) is 10.2. The molecule has 0 saturated carbocycles. The molecule has 0 amide bonds. The maximum Gasteiger partial charge on any atom is 0.342 e. The Morgan fingerprint density at radius 2 is 2.00 bits per heavy atom. The smallest absolute Gasteiger partial charge is 0.342 e. The van der Waals surface area contributed by atoms with Crippen molar-refractivity contribution >= 4 is 17.3 Å². The van der Waals surface area contributed by atoms with Crippen molar-refractivity contribution < 1.29 is 19.9 Å². The van der Waals surface area contributed by atoms with Crippen LogP contribution in [0.2, 0.25) is 0 Å². The summed E-state index contributed by atoms with van der Waals surface area (Å²) in [5.41, 5.74) is -0.0863. The molecule has 1 fully saturated rings. The second-order valence-corrected chi connectivity index (χ2v) is 4.48. The lowest BCUT2D eigenvalue weighted by molar-refractivity contribution is -0.385. The second-order valence-electron chi connectivity index (χ2n) is 4.48. The van der Waals surface area contributed by atoms with Gasteiger partial charge in [0.05, 0.1) is 11.0 Å². The number of aromatic carboxylic acids is 1. The van der Waals surface area contributed by atoms with Crippen LogP contribution in [0.25, 0.3) is 0 Å². The van der Waals surface area contributed by atoms with E-state index in [1.165, 1.54) is 12.1 Å². The molecule has 102 valence electrons. The van der Waals surface area contributed by atoms with Crippen molar-refractivity contribution in [2.45, 2.75) is 18.9 Å². The van der Waals surface area contributed by atoms with Crippen LogP contribution in [0.3, 0.4) is 0 Å². The maximum absolute atomic E-state index is 11.1. The average Bonchev–Trinajstić information content (AvgIpc) is 2.38. The number of piperidine rings is 1. The number of carbonyl (C=O) groups is 1. The highest BCUT2D eigenvalue weighted by atomic mass is 16.6.